The lowest BCUT2D eigenvalue weighted by molar-refractivity contribution is 0.102. The van der Waals surface area contributed by atoms with Gasteiger partial charge in [0.1, 0.15) is 6.67 Å². The van der Waals surface area contributed by atoms with E-state index in [0.29, 0.717) is 0 Å². The summed E-state index contributed by atoms with van der Waals surface area (Å²) in [6.07, 6.45) is 23.6. The van der Waals surface area contributed by atoms with Crippen molar-refractivity contribution in [1.29, 1.82) is 0 Å². The summed E-state index contributed by atoms with van der Waals surface area (Å²) < 4.78 is 12.7. The van der Waals surface area contributed by atoms with E-state index >= 15 is 0 Å². The number of halogens is 1. The van der Waals surface area contributed by atoms with Crippen molar-refractivity contribution in [1.82, 2.24) is 0 Å². The lowest BCUT2D eigenvalue weighted by atomic mass is 9.64. The van der Waals surface area contributed by atoms with Crippen LogP contribution in [0.4, 0.5) is 4.39 Å². The second kappa shape index (κ2) is 11.9. The first-order chi connectivity index (χ1) is 15.2. The molecule has 0 N–H and O–H groups in total. The van der Waals surface area contributed by atoms with E-state index in [0.717, 1.165) is 41.1 Å². The van der Waals surface area contributed by atoms with Crippen LogP contribution in [0.2, 0.25) is 0 Å². The first-order valence-corrected chi connectivity index (χ1v) is 13.9. The van der Waals surface area contributed by atoms with Crippen molar-refractivity contribution in [2.75, 3.05) is 0 Å². The van der Waals surface area contributed by atoms with Gasteiger partial charge in [-0.15, -0.1) is 0 Å². The van der Waals surface area contributed by atoms with Crippen LogP contribution in [0.5, 0.6) is 0 Å². The number of alkyl halides is 1. The first kappa shape index (κ1) is 23.3. The SMILES string of the molecule is CCC[C@H]1CC[C@H]([C@H]2CC[C@H](C3CCC(CCc4ccc(CF)cc4)CC3)CC2)CC1. The van der Waals surface area contributed by atoms with Gasteiger partial charge in [-0.2, -0.15) is 0 Å². The van der Waals surface area contributed by atoms with Crippen molar-refractivity contribution in [3.05, 3.63) is 35.4 Å². The zero-order valence-electron chi connectivity index (χ0n) is 20.2. The zero-order valence-corrected chi connectivity index (χ0v) is 20.2. The van der Waals surface area contributed by atoms with Crippen LogP contribution in [0.3, 0.4) is 0 Å². The molecule has 1 aromatic rings. The van der Waals surface area contributed by atoms with Gasteiger partial charge in [0.15, 0.2) is 0 Å². The minimum absolute atomic E-state index is 0.341. The highest BCUT2D eigenvalue weighted by molar-refractivity contribution is 5.22. The molecule has 0 amide bonds. The summed E-state index contributed by atoms with van der Waals surface area (Å²) in [5, 5.41) is 0. The topological polar surface area (TPSA) is 0 Å². The maximum absolute atomic E-state index is 12.7. The van der Waals surface area contributed by atoms with Gasteiger partial charge in [-0.25, -0.2) is 4.39 Å². The molecule has 3 aliphatic carbocycles. The molecule has 0 nitrogen and oxygen atoms in total. The van der Waals surface area contributed by atoms with Crippen molar-refractivity contribution < 1.29 is 4.39 Å². The summed E-state index contributed by atoms with van der Waals surface area (Å²) in [6, 6.07) is 8.18. The summed E-state index contributed by atoms with van der Waals surface area (Å²) in [4.78, 5) is 0. The minimum Gasteiger partial charge on any atom is -0.246 e. The Morgan fingerprint density at radius 1 is 0.581 bits per heavy atom. The van der Waals surface area contributed by atoms with E-state index in [1.165, 1.54) is 82.6 Å². The van der Waals surface area contributed by atoms with Crippen LogP contribution in [0.25, 0.3) is 0 Å². The van der Waals surface area contributed by atoms with Gasteiger partial charge in [-0.3, -0.25) is 0 Å². The van der Waals surface area contributed by atoms with Crippen LogP contribution in [0, 0.1) is 35.5 Å². The standard InChI is InChI=1S/C30H47F/c1-2-3-23-10-14-27(15-11-23)29-18-20-30(21-19-29)28-16-12-25(13-17-28)5-4-24-6-8-26(22-31)9-7-24/h6-9,23,25,27-30H,2-5,10-22H2,1H3/t23-,25?,27-,28?,29-,30-. The monoisotopic (exact) mass is 426 g/mol. The lowest BCUT2D eigenvalue weighted by Gasteiger charge is -2.41. The number of aryl methyl sites for hydroxylation is 1. The first-order valence-electron chi connectivity index (χ1n) is 13.9. The quantitative estimate of drug-likeness (QED) is 0.388. The average molecular weight is 427 g/mol. The van der Waals surface area contributed by atoms with Gasteiger partial charge in [0.25, 0.3) is 0 Å². The Morgan fingerprint density at radius 2 is 0.968 bits per heavy atom. The molecule has 0 aromatic heterocycles. The normalized spacial score (nSPS) is 34.5. The van der Waals surface area contributed by atoms with Crippen LogP contribution >= 0.6 is 0 Å². The number of benzene rings is 1. The Labute approximate surface area is 191 Å². The second-order valence-electron chi connectivity index (χ2n) is 11.5. The van der Waals surface area contributed by atoms with Gasteiger partial charge in [-0.1, -0.05) is 69.7 Å². The smallest absolute Gasteiger partial charge is 0.115 e. The Bertz CT molecular complexity index is 610. The van der Waals surface area contributed by atoms with Gasteiger partial charge in [0.05, 0.1) is 0 Å². The highest BCUT2D eigenvalue weighted by Crippen LogP contribution is 2.46. The number of rotatable bonds is 8. The van der Waals surface area contributed by atoms with Gasteiger partial charge in [0.2, 0.25) is 0 Å². The fourth-order valence-corrected chi connectivity index (χ4v) is 7.56. The molecule has 0 saturated heterocycles. The third-order valence-electron chi connectivity index (χ3n) is 9.65. The Morgan fingerprint density at radius 3 is 1.39 bits per heavy atom. The van der Waals surface area contributed by atoms with Gasteiger partial charge in [-0.05, 0) is 111 Å². The maximum Gasteiger partial charge on any atom is 0.115 e. The maximum atomic E-state index is 12.7. The van der Waals surface area contributed by atoms with E-state index in [1.807, 2.05) is 12.1 Å². The van der Waals surface area contributed by atoms with Gasteiger partial charge in [0, 0.05) is 0 Å². The van der Waals surface area contributed by atoms with Crippen LogP contribution in [-0.2, 0) is 13.1 Å². The largest absolute Gasteiger partial charge is 0.246 e. The third-order valence-corrected chi connectivity index (χ3v) is 9.65. The van der Waals surface area contributed by atoms with E-state index < -0.39 is 0 Å². The second-order valence-corrected chi connectivity index (χ2v) is 11.5. The zero-order chi connectivity index (χ0) is 21.5. The summed E-state index contributed by atoms with van der Waals surface area (Å²) in [6.45, 7) is 2.01. The molecular formula is C30H47F. The van der Waals surface area contributed by atoms with Crippen molar-refractivity contribution in [2.45, 2.75) is 116 Å². The average Bonchev–Trinajstić information content (AvgIpc) is 2.84. The summed E-state index contributed by atoms with van der Waals surface area (Å²) in [7, 11) is 0. The molecule has 174 valence electrons. The molecule has 0 atom stereocenters. The van der Waals surface area contributed by atoms with Crippen molar-refractivity contribution >= 4 is 0 Å². The molecule has 4 rings (SSSR count). The van der Waals surface area contributed by atoms with E-state index in [9.17, 15) is 4.39 Å². The van der Waals surface area contributed by atoms with Crippen LogP contribution in [0.15, 0.2) is 24.3 Å². The Kier molecular flexibility index (Phi) is 8.91. The predicted octanol–water partition coefficient (Wildman–Crippen LogP) is 9.31. The van der Waals surface area contributed by atoms with Gasteiger partial charge < -0.3 is 0 Å². The molecule has 31 heavy (non-hydrogen) atoms. The van der Waals surface area contributed by atoms with Crippen LogP contribution in [-0.4, -0.2) is 0 Å². The number of hydrogen-bond acceptors (Lipinski definition) is 0. The molecule has 1 aromatic carbocycles. The molecule has 0 bridgehead atoms. The van der Waals surface area contributed by atoms with E-state index in [-0.39, 0.29) is 6.67 Å². The van der Waals surface area contributed by atoms with E-state index in [4.69, 9.17) is 0 Å². The molecule has 0 heterocycles. The Balaban J connectivity index is 1.13. The van der Waals surface area contributed by atoms with Gasteiger partial charge >= 0.3 is 0 Å². The summed E-state index contributed by atoms with van der Waals surface area (Å²) >= 11 is 0. The molecule has 0 spiro atoms. The molecule has 0 unspecified atom stereocenters. The third kappa shape index (κ3) is 6.58. The van der Waals surface area contributed by atoms with Crippen LogP contribution < -0.4 is 0 Å². The molecule has 0 radical (unpaired) electrons. The fraction of sp³-hybridized carbons (Fsp3) is 0.800. The fourth-order valence-electron chi connectivity index (χ4n) is 7.56. The molecule has 0 aliphatic heterocycles. The molecule has 3 aliphatic rings. The van der Waals surface area contributed by atoms with E-state index in [1.54, 1.807) is 25.7 Å². The van der Waals surface area contributed by atoms with Crippen molar-refractivity contribution in [3.63, 3.8) is 0 Å². The van der Waals surface area contributed by atoms with Crippen molar-refractivity contribution in [3.8, 4) is 0 Å². The van der Waals surface area contributed by atoms with E-state index in [2.05, 4.69) is 19.1 Å². The van der Waals surface area contributed by atoms with Crippen molar-refractivity contribution in [2.24, 2.45) is 35.5 Å². The molecule has 3 fully saturated rings. The summed E-state index contributed by atoms with van der Waals surface area (Å²) in [5.74, 6) is 6.19. The minimum atomic E-state index is -0.341. The predicted molar refractivity (Wildman–Crippen MR) is 131 cm³/mol. The number of hydrogen-bond donors (Lipinski definition) is 0. The molecule has 1 heteroatoms. The van der Waals surface area contributed by atoms with Crippen LogP contribution in [0.1, 0.15) is 114 Å². The highest BCUT2D eigenvalue weighted by Gasteiger charge is 2.34. The molecule has 3 saturated carbocycles. The summed E-state index contributed by atoms with van der Waals surface area (Å²) in [5.41, 5.74) is 2.20. The Hall–Kier alpha value is -0.850. The molecular weight excluding hydrogens is 379 g/mol. The lowest BCUT2D eigenvalue weighted by Crippen LogP contribution is -2.29. The highest BCUT2D eigenvalue weighted by atomic mass is 19.1.